The van der Waals surface area contributed by atoms with Crippen LogP contribution in [0.3, 0.4) is 0 Å². The van der Waals surface area contributed by atoms with E-state index in [1.54, 1.807) is 0 Å². The standard InChI is InChI=1S/C21H26N2O2/c1-4-20(24)21-22-18-8-5-6-9-19(18)23(21)12-7-13-25-17-11-10-15(2)16(3)14-17/h5-6,8-11,14,20,24H,4,7,12-13H2,1-3H3. The van der Waals surface area contributed by atoms with Crippen molar-refractivity contribution >= 4 is 11.0 Å². The summed E-state index contributed by atoms with van der Waals surface area (Å²) in [5.41, 5.74) is 4.51. The number of hydrogen-bond donors (Lipinski definition) is 1. The van der Waals surface area contributed by atoms with Crippen LogP contribution in [0.4, 0.5) is 0 Å². The first-order valence-electron chi connectivity index (χ1n) is 8.93. The third-order valence-electron chi connectivity index (χ3n) is 4.64. The molecule has 3 rings (SSSR count). The molecular formula is C21H26N2O2. The van der Waals surface area contributed by atoms with E-state index in [1.165, 1.54) is 11.1 Å². The SMILES string of the molecule is CCC(O)c1nc2ccccc2n1CCCOc1ccc(C)c(C)c1. The summed E-state index contributed by atoms with van der Waals surface area (Å²) >= 11 is 0. The van der Waals surface area contributed by atoms with Gasteiger partial charge in [-0.2, -0.15) is 0 Å². The van der Waals surface area contributed by atoms with E-state index in [4.69, 9.17) is 4.74 Å². The van der Waals surface area contributed by atoms with Crippen molar-refractivity contribution in [1.82, 2.24) is 9.55 Å². The lowest BCUT2D eigenvalue weighted by molar-refractivity contribution is 0.158. The molecule has 4 heteroatoms. The molecule has 132 valence electrons. The average Bonchev–Trinajstić information content (AvgIpc) is 2.99. The first kappa shape index (κ1) is 17.5. The van der Waals surface area contributed by atoms with Crippen LogP contribution in [0.25, 0.3) is 11.0 Å². The zero-order valence-corrected chi connectivity index (χ0v) is 15.2. The summed E-state index contributed by atoms with van der Waals surface area (Å²) in [6.07, 6.45) is 0.979. The van der Waals surface area contributed by atoms with Crippen molar-refractivity contribution in [1.29, 1.82) is 0 Å². The Labute approximate surface area is 149 Å². The van der Waals surface area contributed by atoms with Gasteiger partial charge >= 0.3 is 0 Å². The van der Waals surface area contributed by atoms with Crippen molar-refractivity contribution in [3.63, 3.8) is 0 Å². The van der Waals surface area contributed by atoms with Crippen molar-refractivity contribution in [3.05, 3.63) is 59.4 Å². The minimum Gasteiger partial charge on any atom is -0.494 e. The molecule has 2 aromatic carbocycles. The van der Waals surface area contributed by atoms with Gasteiger partial charge in [-0.25, -0.2) is 4.98 Å². The largest absolute Gasteiger partial charge is 0.494 e. The Bertz CT molecular complexity index is 854. The molecule has 4 nitrogen and oxygen atoms in total. The number of aliphatic hydroxyl groups is 1. The molecule has 0 saturated heterocycles. The molecule has 0 spiro atoms. The molecule has 1 heterocycles. The van der Waals surface area contributed by atoms with Crippen molar-refractivity contribution in [2.75, 3.05) is 6.61 Å². The second kappa shape index (κ2) is 7.70. The molecule has 3 aromatic rings. The highest BCUT2D eigenvalue weighted by Crippen LogP contribution is 2.23. The second-order valence-electron chi connectivity index (χ2n) is 6.48. The van der Waals surface area contributed by atoms with Gasteiger partial charge in [0.1, 0.15) is 17.7 Å². The lowest BCUT2D eigenvalue weighted by atomic mass is 10.1. The van der Waals surface area contributed by atoms with Crippen molar-refractivity contribution in [3.8, 4) is 5.75 Å². The van der Waals surface area contributed by atoms with E-state index in [0.29, 0.717) is 13.0 Å². The third-order valence-corrected chi connectivity index (χ3v) is 4.64. The third kappa shape index (κ3) is 3.85. The smallest absolute Gasteiger partial charge is 0.138 e. The number of aryl methyl sites for hydroxylation is 3. The summed E-state index contributed by atoms with van der Waals surface area (Å²) in [5.74, 6) is 1.65. The van der Waals surface area contributed by atoms with Gasteiger partial charge in [-0.15, -0.1) is 0 Å². The Morgan fingerprint density at radius 3 is 2.68 bits per heavy atom. The fourth-order valence-corrected chi connectivity index (χ4v) is 2.98. The number of fused-ring (bicyclic) bond motifs is 1. The maximum Gasteiger partial charge on any atom is 0.138 e. The number of para-hydroxylation sites is 2. The molecule has 0 aliphatic heterocycles. The molecule has 0 amide bonds. The normalized spacial score (nSPS) is 12.5. The zero-order valence-electron chi connectivity index (χ0n) is 15.2. The Hall–Kier alpha value is -2.33. The number of hydrogen-bond acceptors (Lipinski definition) is 3. The van der Waals surface area contributed by atoms with E-state index in [2.05, 4.69) is 41.6 Å². The highest BCUT2D eigenvalue weighted by Gasteiger charge is 2.16. The molecule has 0 aliphatic carbocycles. The van der Waals surface area contributed by atoms with Crippen LogP contribution >= 0.6 is 0 Å². The first-order valence-corrected chi connectivity index (χ1v) is 8.93. The zero-order chi connectivity index (χ0) is 17.8. The second-order valence-corrected chi connectivity index (χ2v) is 6.48. The van der Waals surface area contributed by atoms with E-state index in [-0.39, 0.29) is 0 Å². The van der Waals surface area contributed by atoms with E-state index in [0.717, 1.165) is 35.6 Å². The maximum absolute atomic E-state index is 10.3. The van der Waals surface area contributed by atoms with Crippen LogP contribution in [-0.2, 0) is 6.54 Å². The predicted octanol–water partition coefficient (Wildman–Crippen LogP) is 4.57. The summed E-state index contributed by atoms with van der Waals surface area (Å²) in [6.45, 7) is 7.58. The number of aromatic nitrogens is 2. The molecule has 0 fully saturated rings. The van der Waals surface area contributed by atoms with Crippen molar-refractivity contribution in [2.24, 2.45) is 0 Å². The van der Waals surface area contributed by atoms with Crippen LogP contribution in [0.2, 0.25) is 0 Å². The minimum absolute atomic E-state index is 0.534. The Morgan fingerprint density at radius 1 is 1.12 bits per heavy atom. The number of rotatable bonds is 7. The number of benzene rings is 2. The summed E-state index contributed by atoms with van der Waals surface area (Å²) < 4.78 is 8.00. The fraction of sp³-hybridized carbons (Fsp3) is 0.381. The minimum atomic E-state index is -0.534. The van der Waals surface area contributed by atoms with Gasteiger partial charge in [0, 0.05) is 6.54 Å². The quantitative estimate of drug-likeness (QED) is 0.642. The number of aliphatic hydroxyl groups excluding tert-OH is 1. The summed E-state index contributed by atoms with van der Waals surface area (Å²) in [5, 5.41) is 10.3. The van der Waals surface area contributed by atoms with Crippen molar-refractivity contribution < 1.29 is 9.84 Å². The molecule has 0 saturated carbocycles. The van der Waals surface area contributed by atoms with Crippen LogP contribution in [-0.4, -0.2) is 21.3 Å². The molecule has 1 N–H and O–H groups in total. The van der Waals surface area contributed by atoms with Crippen LogP contribution < -0.4 is 4.74 Å². The summed E-state index contributed by atoms with van der Waals surface area (Å²) in [7, 11) is 0. The fourth-order valence-electron chi connectivity index (χ4n) is 2.98. The van der Waals surface area contributed by atoms with E-state index in [1.807, 2.05) is 31.2 Å². The Morgan fingerprint density at radius 2 is 1.92 bits per heavy atom. The van der Waals surface area contributed by atoms with Gasteiger partial charge < -0.3 is 14.4 Å². The molecule has 0 bridgehead atoms. The maximum atomic E-state index is 10.3. The molecule has 1 unspecified atom stereocenters. The summed E-state index contributed by atoms with van der Waals surface area (Å²) in [4.78, 5) is 4.61. The lowest BCUT2D eigenvalue weighted by Crippen LogP contribution is -2.11. The van der Waals surface area contributed by atoms with Gasteiger partial charge in [0.2, 0.25) is 0 Å². The van der Waals surface area contributed by atoms with Crippen molar-refractivity contribution in [2.45, 2.75) is 46.3 Å². The number of nitrogens with zero attached hydrogens (tertiary/aromatic N) is 2. The van der Waals surface area contributed by atoms with Gasteiger partial charge in [-0.1, -0.05) is 25.1 Å². The molecule has 1 aromatic heterocycles. The molecule has 0 aliphatic rings. The molecule has 1 atom stereocenters. The first-order chi connectivity index (χ1) is 12.1. The lowest BCUT2D eigenvalue weighted by Gasteiger charge is -2.13. The molecule has 25 heavy (non-hydrogen) atoms. The van der Waals surface area contributed by atoms with Gasteiger partial charge in [0.05, 0.1) is 17.6 Å². The topological polar surface area (TPSA) is 47.3 Å². The van der Waals surface area contributed by atoms with E-state index >= 15 is 0 Å². The predicted molar refractivity (Wildman–Crippen MR) is 101 cm³/mol. The van der Waals surface area contributed by atoms with Crippen LogP contribution in [0.15, 0.2) is 42.5 Å². The van der Waals surface area contributed by atoms with Crippen LogP contribution in [0.5, 0.6) is 5.75 Å². The van der Waals surface area contributed by atoms with E-state index < -0.39 is 6.10 Å². The monoisotopic (exact) mass is 338 g/mol. The van der Waals surface area contributed by atoms with Gasteiger partial charge in [-0.3, -0.25) is 0 Å². The van der Waals surface area contributed by atoms with Gasteiger partial charge in [-0.05, 0) is 62.1 Å². The van der Waals surface area contributed by atoms with Crippen LogP contribution in [0.1, 0.15) is 42.8 Å². The summed E-state index contributed by atoms with van der Waals surface area (Å²) in [6, 6.07) is 14.2. The Balaban J connectivity index is 1.69. The van der Waals surface area contributed by atoms with Crippen LogP contribution in [0, 0.1) is 13.8 Å². The Kier molecular flexibility index (Phi) is 5.39. The highest BCUT2D eigenvalue weighted by molar-refractivity contribution is 5.76. The van der Waals surface area contributed by atoms with Gasteiger partial charge in [0.15, 0.2) is 0 Å². The number of ether oxygens (including phenoxy) is 1. The van der Waals surface area contributed by atoms with Gasteiger partial charge in [0.25, 0.3) is 0 Å². The number of imidazole rings is 1. The molecule has 0 radical (unpaired) electrons. The van der Waals surface area contributed by atoms with E-state index in [9.17, 15) is 5.11 Å². The average molecular weight is 338 g/mol. The highest BCUT2D eigenvalue weighted by atomic mass is 16.5. The molecular weight excluding hydrogens is 312 g/mol.